The molecule has 2 rings (SSSR count). The predicted octanol–water partition coefficient (Wildman–Crippen LogP) is 3.16. The Hall–Kier alpha value is -1.52. The van der Waals surface area contributed by atoms with Crippen LogP contribution in [0.4, 0.5) is 0 Å². The first-order chi connectivity index (χ1) is 10.6. The molecular formula is C18H27ClN2O2. The SMILES string of the molecule is CCCC(=O)N1CCN(C/C=C/c2ccc(O)cc2)CC1C.Cl. The number of halogens is 1. The van der Waals surface area contributed by atoms with Crippen LogP contribution < -0.4 is 0 Å². The molecular weight excluding hydrogens is 312 g/mol. The summed E-state index contributed by atoms with van der Waals surface area (Å²) in [6, 6.07) is 7.47. The standard InChI is InChI=1S/C18H26N2O2.ClH/c1-3-5-18(22)20-13-12-19(14-15(20)2)11-4-6-16-7-9-17(21)10-8-16;/h4,6-10,15,21H,3,5,11-14H2,1-2H3;1H/b6-4+;. The minimum absolute atomic E-state index is 0. The van der Waals surface area contributed by atoms with Gasteiger partial charge >= 0.3 is 0 Å². The molecule has 0 bridgehead atoms. The molecule has 128 valence electrons. The molecule has 1 heterocycles. The van der Waals surface area contributed by atoms with E-state index in [2.05, 4.69) is 24.0 Å². The van der Waals surface area contributed by atoms with E-state index in [1.807, 2.05) is 24.0 Å². The van der Waals surface area contributed by atoms with Crippen molar-refractivity contribution in [3.8, 4) is 5.75 Å². The molecule has 23 heavy (non-hydrogen) atoms. The Morgan fingerprint density at radius 3 is 2.61 bits per heavy atom. The van der Waals surface area contributed by atoms with Crippen LogP contribution in [0.15, 0.2) is 30.3 Å². The zero-order valence-corrected chi connectivity index (χ0v) is 14.8. The first-order valence-electron chi connectivity index (χ1n) is 8.07. The van der Waals surface area contributed by atoms with Crippen molar-refractivity contribution in [2.24, 2.45) is 0 Å². The second kappa shape index (κ2) is 9.58. The Labute approximate surface area is 145 Å². The van der Waals surface area contributed by atoms with Crippen LogP contribution in [0.2, 0.25) is 0 Å². The summed E-state index contributed by atoms with van der Waals surface area (Å²) in [5.41, 5.74) is 1.09. The van der Waals surface area contributed by atoms with Crippen molar-refractivity contribution in [3.63, 3.8) is 0 Å². The topological polar surface area (TPSA) is 43.8 Å². The number of nitrogens with zero attached hydrogens (tertiary/aromatic N) is 2. The molecule has 1 aromatic carbocycles. The van der Waals surface area contributed by atoms with E-state index >= 15 is 0 Å². The van der Waals surface area contributed by atoms with Crippen molar-refractivity contribution in [3.05, 3.63) is 35.9 Å². The van der Waals surface area contributed by atoms with Crippen molar-refractivity contribution in [1.82, 2.24) is 9.80 Å². The van der Waals surface area contributed by atoms with E-state index in [-0.39, 0.29) is 24.4 Å². The number of amides is 1. The number of carbonyl (C=O) groups is 1. The molecule has 1 aromatic rings. The van der Waals surface area contributed by atoms with E-state index in [0.29, 0.717) is 12.2 Å². The van der Waals surface area contributed by atoms with Gasteiger partial charge < -0.3 is 10.0 Å². The Morgan fingerprint density at radius 1 is 1.30 bits per heavy atom. The Bertz CT molecular complexity index is 516. The molecule has 0 aliphatic carbocycles. The van der Waals surface area contributed by atoms with Gasteiger partial charge in [-0.3, -0.25) is 9.69 Å². The number of phenolic OH excluding ortho intramolecular Hbond substituents is 1. The second-order valence-corrected chi connectivity index (χ2v) is 5.94. The highest BCUT2D eigenvalue weighted by Crippen LogP contribution is 2.13. The van der Waals surface area contributed by atoms with Gasteiger partial charge in [0.25, 0.3) is 0 Å². The summed E-state index contributed by atoms with van der Waals surface area (Å²) in [6.07, 6.45) is 5.79. The lowest BCUT2D eigenvalue weighted by molar-refractivity contribution is -0.135. The van der Waals surface area contributed by atoms with E-state index in [9.17, 15) is 9.90 Å². The first kappa shape index (κ1) is 19.5. The average molecular weight is 339 g/mol. The van der Waals surface area contributed by atoms with Gasteiger partial charge in [-0.2, -0.15) is 0 Å². The largest absolute Gasteiger partial charge is 0.508 e. The Morgan fingerprint density at radius 2 is 2.00 bits per heavy atom. The minimum atomic E-state index is 0. The van der Waals surface area contributed by atoms with Crippen molar-refractivity contribution in [1.29, 1.82) is 0 Å². The molecule has 5 heteroatoms. The number of hydrogen-bond acceptors (Lipinski definition) is 3. The Balaban J connectivity index is 0.00000264. The van der Waals surface area contributed by atoms with Gasteiger partial charge in [-0.25, -0.2) is 0 Å². The first-order valence-corrected chi connectivity index (χ1v) is 8.07. The molecule has 1 aliphatic heterocycles. The van der Waals surface area contributed by atoms with Crippen molar-refractivity contribution >= 4 is 24.4 Å². The molecule has 1 saturated heterocycles. The van der Waals surface area contributed by atoms with Crippen LogP contribution in [0.5, 0.6) is 5.75 Å². The zero-order chi connectivity index (χ0) is 15.9. The number of piperazine rings is 1. The van der Waals surface area contributed by atoms with Gasteiger partial charge in [0.05, 0.1) is 0 Å². The van der Waals surface area contributed by atoms with Crippen LogP contribution in [-0.4, -0.2) is 53.0 Å². The lowest BCUT2D eigenvalue weighted by atomic mass is 10.1. The number of rotatable bonds is 5. The van der Waals surface area contributed by atoms with Crippen molar-refractivity contribution in [2.75, 3.05) is 26.2 Å². The number of aromatic hydroxyl groups is 1. The molecule has 0 saturated carbocycles. The predicted molar refractivity (Wildman–Crippen MR) is 96.9 cm³/mol. The molecule has 1 aliphatic rings. The summed E-state index contributed by atoms with van der Waals surface area (Å²) >= 11 is 0. The molecule has 0 spiro atoms. The lowest BCUT2D eigenvalue weighted by Gasteiger charge is -2.39. The van der Waals surface area contributed by atoms with Gasteiger partial charge in [0.1, 0.15) is 5.75 Å². The van der Waals surface area contributed by atoms with E-state index < -0.39 is 0 Å². The minimum Gasteiger partial charge on any atom is -0.508 e. The van der Waals surface area contributed by atoms with Gasteiger partial charge in [0.2, 0.25) is 5.91 Å². The van der Waals surface area contributed by atoms with E-state index in [0.717, 1.165) is 38.2 Å². The van der Waals surface area contributed by atoms with Gasteiger partial charge in [-0.1, -0.05) is 31.2 Å². The maximum atomic E-state index is 12.0. The highest BCUT2D eigenvalue weighted by Gasteiger charge is 2.25. The lowest BCUT2D eigenvalue weighted by Crippen LogP contribution is -2.53. The van der Waals surface area contributed by atoms with Crippen LogP contribution in [0.1, 0.15) is 32.3 Å². The van der Waals surface area contributed by atoms with Gasteiger partial charge in [-0.15, -0.1) is 12.4 Å². The quantitative estimate of drug-likeness (QED) is 0.896. The van der Waals surface area contributed by atoms with Crippen LogP contribution in [0.3, 0.4) is 0 Å². The molecule has 0 radical (unpaired) electrons. The third kappa shape index (κ3) is 5.88. The number of benzene rings is 1. The van der Waals surface area contributed by atoms with Crippen LogP contribution in [-0.2, 0) is 4.79 Å². The van der Waals surface area contributed by atoms with Gasteiger partial charge in [0.15, 0.2) is 0 Å². The summed E-state index contributed by atoms with van der Waals surface area (Å²) in [7, 11) is 0. The molecule has 1 atom stereocenters. The fourth-order valence-corrected chi connectivity index (χ4v) is 2.85. The summed E-state index contributed by atoms with van der Waals surface area (Å²) in [6.45, 7) is 7.75. The van der Waals surface area contributed by atoms with E-state index in [1.54, 1.807) is 12.1 Å². The van der Waals surface area contributed by atoms with Crippen LogP contribution in [0.25, 0.3) is 6.08 Å². The fourth-order valence-electron chi connectivity index (χ4n) is 2.85. The number of phenols is 1. The molecule has 1 N–H and O–H groups in total. The van der Waals surface area contributed by atoms with Crippen LogP contribution >= 0.6 is 12.4 Å². The van der Waals surface area contributed by atoms with E-state index in [4.69, 9.17) is 0 Å². The monoisotopic (exact) mass is 338 g/mol. The third-order valence-corrected chi connectivity index (χ3v) is 4.06. The number of carbonyl (C=O) groups excluding carboxylic acids is 1. The zero-order valence-electron chi connectivity index (χ0n) is 13.9. The molecule has 1 unspecified atom stereocenters. The van der Waals surface area contributed by atoms with Crippen molar-refractivity contribution in [2.45, 2.75) is 32.7 Å². The normalized spacial score (nSPS) is 18.9. The summed E-state index contributed by atoms with van der Waals surface area (Å²) in [5.74, 6) is 0.577. The van der Waals surface area contributed by atoms with Gasteiger partial charge in [-0.05, 0) is 31.0 Å². The maximum absolute atomic E-state index is 12.0. The highest BCUT2D eigenvalue weighted by atomic mass is 35.5. The highest BCUT2D eigenvalue weighted by molar-refractivity contribution is 5.85. The molecule has 0 aromatic heterocycles. The molecule has 1 amide bonds. The smallest absolute Gasteiger partial charge is 0.222 e. The summed E-state index contributed by atoms with van der Waals surface area (Å²) in [5, 5.41) is 9.26. The Kier molecular flexibility index (Phi) is 8.13. The van der Waals surface area contributed by atoms with Crippen LogP contribution in [0, 0.1) is 0 Å². The fraction of sp³-hybridized carbons (Fsp3) is 0.500. The second-order valence-electron chi connectivity index (χ2n) is 5.94. The van der Waals surface area contributed by atoms with Gasteiger partial charge in [0, 0.05) is 38.6 Å². The third-order valence-electron chi connectivity index (χ3n) is 4.06. The molecule has 1 fully saturated rings. The van der Waals surface area contributed by atoms with E-state index in [1.165, 1.54) is 0 Å². The summed E-state index contributed by atoms with van der Waals surface area (Å²) < 4.78 is 0. The van der Waals surface area contributed by atoms with Crippen molar-refractivity contribution < 1.29 is 9.90 Å². The molecule has 4 nitrogen and oxygen atoms in total. The summed E-state index contributed by atoms with van der Waals surface area (Å²) in [4.78, 5) is 16.4. The maximum Gasteiger partial charge on any atom is 0.222 e. The average Bonchev–Trinajstić information content (AvgIpc) is 2.49. The number of hydrogen-bond donors (Lipinski definition) is 1.